The third kappa shape index (κ3) is 3.75. The number of hydrogen-bond donors (Lipinski definition) is 1. The maximum absolute atomic E-state index is 12.9. The van der Waals surface area contributed by atoms with Gasteiger partial charge in [0.15, 0.2) is 0 Å². The van der Waals surface area contributed by atoms with Crippen molar-refractivity contribution in [3.05, 3.63) is 65.2 Å². The minimum Gasteiger partial charge on any atom is -0.378 e. The van der Waals surface area contributed by atoms with E-state index in [0.717, 1.165) is 16.8 Å². The summed E-state index contributed by atoms with van der Waals surface area (Å²) in [7, 11) is 3.95. The Morgan fingerprint density at radius 1 is 1.03 bits per heavy atom. The predicted molar refractivity (Wildman–Crippen MR) is 114 cm³/mol. The fourth-order valence-corrected chi connectivity index (χ4v) is 3.87. The zero-order valence-corrected chi connectivity index (χ0v) is 17.1. The first kappa shape index (κ1) is 19.2. The lowest BCUT2D eigenvalue weighted by Crippen LogP contribution is -2.52. The molecule has 6 nitrogen and oxygen atoms in total. The highest BCUT2D eigenvalue weighted by atomic mass is 16.2. The van der Waals surface area contributed by atoms with Crippen LogP contribution in [0.1, 0.15) is 34.3 Å². The topological polar surface area (TPSA) is 65.0 Å². The Morgan fingerprint density at radius 3 is 2.24 bits per heavy atom. The summed E-state index contributed by atoms with van der Waals surface area (Å²) in [6.45, 7) is 3.15. The Hall–Kier alpha value is -3.15. The summed E-state index contributed by atoms with van der Waals surface area (Å²) in [6, 6.07) is 15.5. The van der Waals surface area contributed by atoms with Crippen LogP contribution in [0, 0.1) is 6.92 Å². The molecule has 0 atom stereocenters. The Kier molecular flexibility index (Phi) is 4.86. The van der Waals surface area contributed by atoms with E-state index >= 15 is 0 Å². The minimum atomic E-state index is -0.594. The van der Waals surface area contributed by atoms with Crippen LogP contribution in [-0.2, 0) is 4.79 Å². The van der Waals surface area contributed by atoms with E-state index < -0.39 is 5.66 Å². The largest absolute Gasteiger partial charge is 0.378 e. The van der Waals surface area contributed by atoms with Crippen molar-refractivity contribution in [2.24, 2.45) is 4.99 Å². The molecule has 150 valence electrons. The van der Waals surface area contributed by atoms with Crippen molar-refractivity contribution in [2.45, 2.75) is 25.4 Å². The van der Waals surface area contributed by atoms with Gasteiger partial charge in [0.05, 0.1) is 0 Å². The Bertz CT molecular complexity index is 953. The normalized spacial score (nSPS) is 17.8. The monoisotopic (exact) mass is 390 g/mol. The van der Waals surface area contributed by atoms with E-state index in [4.69, 9.17) is 4.99 Å². The van der Waals surface area contributed by atoms with E-state index in [2.05, 4.69) is 5.32 Å². The summed E-state index contributed by atoms with van der Waals surface area (Å²) in [4.78, 5) is 34.0. The number of nitrogens with one attached hydrogen (secondary N) is 1. The van der Waals surface area contributed by atoms with Gasteiger partial charge >= 0.3 is 0 Å². The van der Waals surface area contributed by atoms with Crippen LogP contribution in [0.3, 0.4) is 0 Å². The summed E-state index contributed by atoms with van der Waals surface area (Å²) >= 11 is 0. The van der Waals surface area contributed by atoms with Crippen LogP contribution in [0.2, 0.25) is 0 Å². The van der Waals surface area contributed by atoms with E-state index in [9.17, 15) is 9.59 Å². The minimum absolute atomic E-state index is 0.0252. The van der Waals surface area contributed by atoms with Gasteiger partial charge in [0, 0.05) is 56.8 Å². The number of nitrogens with zero attached hydrogens (tertiary/aromatic N) is 3. The van der Waals surface area contributed by atoms with Gasteiger partial charge in [-0.2, -0.15) is 0 Å². The van der Waals surface area contributed by atoms with E-state index in [1.165, 1.54) is 0 Å². The van der Waals surface area contributed by atoms with Gasteiger partial charge in [-0.15, -0.1) is 0 Å². The predicted octanol–water partition coefficient (Wildman–Crippen LogP) is 2.61. The lowest BCUT2D eigenvalue weighted by Gasteiger charge is -2.37. The zero-order valence-electron chi connectivity index (χ0n) is 17.1. The van der Waals surface area contributed by atoms with Gasteiger partial charge in [-0.1, -0.05) is 29.8 Å². The number of anilines is 1. The lowest BCUT2D eigenvalue weighted by atomic mass is 9.97. The quantitative estimate of drug-likeness (QED) is 0.876. The van der Waals surface area contributed by atoms with Crippen LogP contribution in [0.5, 0.6) is 0 Å². The van der Waals surface area contributed by atoms with Gasteiger partial charge in [0.2, 0.25) is 0 Å². The molecule has 29 heavy (non-hydrogen) atoms. The number of aryl methyl sites for hydroxylation is 1. The lowest BCUT2D eigenvalue weighted by molar-refractivity contribution is -0.115. The fourth-order valence-electron chi connectivity index (χ4n) is 3.87. The van der Waals surface area contributed by atoms with Gasteiger partial charge < -0.3 is 15.1 Å². The van der Waals surface area contributed by atoms with Gasteiger partial charge in [-0.05, 0) is 31.2 Å². The molecular weight excluding hydrogens is 364 g/mol. The fraction of sp³-hybridized carbons (Fsp3) is 0.348. The first-order chi connectivity index (χ1) is 13.9. The van der Waals surface area contributed by atoms with Crippen molar-refractivity contribution in [3.8, 4) is 0 Å². The Labute approximate surface area is 171 Å². The molecule has 2 aliphatic heterocycles. The molecule has 0 radical (unpaired) electrons. The molecule has 6 heteroatoms. The molecule has 0 aromatic heterocycles. The van der Waals surface area contributed by atoms with Crippen LogP contribution >= 0.6 is 0 Å². The van der Waals surface area contributed by atoms with E-state index in [-0.39, 0.29) is 11.8 Å². The number of amides is 2. The first-order valence-electron chi connectivity index (χ1n) is 9.93. The van der Waals surface area contributed by atoms with E-state index in [1.54, 1.807) is 0 Å². The molecule has 1 fully saturated rings. The van der Waals surface area contributed by atoms with Crippen LogP contribution in [-0.4, -0.2) is 55.3 Å². The highest BCUT2D eigenvalue weighted by molar-refractivity contribution is 6.46. The van der Waals surface area contributed by atoms with Gasteiger partial charge in [-0.25, -0.2) is 0 Å². The Morgan fingerprint density at radius 2 is 1.66 bits per heavy atom. The molecule has 0 aliphatic carbocycles. The summed E-state index contributed by atoms with van der Waals surface area (Å²) in [5.41, 5.74) is 3.63. The standard InChI is InChI=1S/C23H26N4O2/c1-16-4-6-17(7-5-16)20-21(28)25-23(24-20)12-14-27(15-13-23)22(29)18-8-10-19(11-9-18)26(2)3/h4-11H,12-15H2,1-3H3,(H,25,28). The average molecular weight is 390 g/mol. The number of carbonyl (C=O) groups excluding carboxylic acids is 2. The molecule has 2 aliphatic rings. The van der Waals surface area contributed by atoms with Crippen molar-refractivity contribution < 1.29 is 9.59 Å². The molecule has 2 aromatic rings. The molecule has 2 amide bonds. The number of piperidine rings is 1. The highest BCUT2D eigenvalue weighted by Crippen LogP contribution is 2.29. The van der Waals surface area contributed by atoms with Gasteiger partial charge in [0.1, 0.15) is 11.4 Å². The second-order valence-electron chi connectivity index (χ2n) is 8.05. The SMILES string of the molecule is Cc1ccc(C2=NC3(CCN(C(=O)c4ccc(N(C)C)cc4)CC3)NC2=O)cc1. The maximum Gasteiger partial charge on any atom is 0.272 e. The second-order valence-corrected chi connectivity index (χ2v) is 8.05. The molecule has 0 bridgehead atoms. The summed E-state index contributed by atoms with van der Waals surface area (Å²) in [5.74, 6) is -0.106. The van der Waals surface area contributed by atoms with Crippen LogP contribution in [0.4, 0.5) is 5.69 Å². The number of aliphatic imine (C=N–C) groups is 1. The molecule has 0 saturated carbocycles. The number of carbonyl (C=O) groups is 2. The average Bonchev–Trinajstić information content (AvgIpc) is 3.04. The Balaban J connectivity index is 1.45. The maximum atomic E-state index is 12.9. The third-order valence-electron chi connectivity index (χ3n) is 5.72. The molecule has 1 saturated heterocycles. The molecular formula is C23H26N4O2. The molecule has 1 N–H and O–H groups in total. The number of hydrogen-bond acceptors (Lipinski definition) is 4. The van der Waals surface area contributed by atoms with E-state index in [1.807, 2.05) is 79.3 Å². The number of rotatable bonds is 3. The zero-order chi connectivity index (χ0) is 20.6. The highest BCUT2D eigenvalue weighted by Gasteiger charge is 2.42. The second kappa shape index (κ2) is 7.35. The van der Waals surface area contributed by atoms with Gasteiger partial charge in [0.25, 0.3) is 11.8 Å². The van der Waals surface area contributed by atoms with Crippen LogP contribution < -0.4 is 10.2 Å². The molecule has 2 heterocycles. The molecule has 1 spiro atoms. The van der Waals surface area contributed by atoms with Crippen molar-refractivity contribution in [1.29, 1.82) is 0 Å². The van der Waals surface area contributed by atoms with Crippen molar-refractivity contribution in [1.82, 2.24) is 10.2 Å². The van der Waals surface area contributed by atoms with Gasteiger partial charge in [-0.3, -0.25) is 14.6 Å². The van der Waals surface area contributed by atoms with Crippen LogP contribution in [0.15, 0.2) is 53.5 Å². The smallest absolute Gasteiger partial charge is 0.272 e. The summed E-state index contributed by atoms with van der Waals surface area (Å²) in [6.07, 6.45) is 1.24. The van der Waals surface area contributed by atoms with Crippen molar-refractivity contribution >= 4 is 23.2 Å². The molecule has 0 unspecified atom stereocenters. The summed E-state index contributed by atoms with van der Waals surface area (Å²) < 4.78 is 0. The van der Waals surface area contributed by atoms with E-state index in [0.29, 0.717) is 37.2 Å². The molecule has 2 aromatic carbocycles. The summed E-state index contributed by atoms with van der Waals surface area (Å²) in [5, 5.41) is 3.07. The molecule has 4 rings (SSSR count). The van der Waals surface area contributed by atoms with Crippen molar-refractivity contribution in [2.75, 3.05) is 32.1 Å². The number of benzene rings is 2. The first-order valence-corrected chi connectivity index (χ1v) is 9.93. The van der Waals surface area contributed by atoms with Crippen molar-refractivity contribution in [3.63, 3.8) is 0 Å². The number of likely N-dealkylation sites (tertiary alicyclic amines) is 1. The van der Waals surface area contributed by atoms with Crippen LogP contribution in [0.25, 0.3) is 0 Å². The third-order valence-corrected chi connectivity index (χ3v) is 5.72.